The van der Waals surface area contributed by atoms with Crippen molar-refractivity contribution in [2.45, 2.75) is 63.5 Å². The Hall–Kier alpha value is -1.14. The highest BCUT2D eigenvalue weighted by Gasteiger charge is 2.42. The van der Waals surface area contributed by atoms with E-state index in [1.807, 2.05) is 0 Å². The van der Waals surface area contributed by atoms with Crippen molar-refractivity contribution >= 4 is 11.9 Å². The molecule has 0 radical (unpaired) electrons. The lowest BCUT2D eigenvalue weighted by atomic mass is 9.77. The summed E-state index contributed by atoms with van der Waals surface area (Å²) in [6, 6.07) is 0. The number of nitrogens with one attached hydrogen (secondary N) is 1. The molecule has 1 saturated carbocycles. The Morgan fingerprint density at radius 3 is 2.45 bits per heavy atom. The molecule has 0 atom stereocenters. The fourth-order valence-electron chi connectivity index (χ4n) is 3.14. The van der Waals surface area contributed by atoms with Crippen LogP contribution in [0.1, 0.15) is 51.9 Å². The smallest absolute Gasteiger partial charge is 0.329 e. The van der Waals surface area contributed by atoms with Gasteiger partial charge in [0.2, 0.25) is 5.91 Å². The third-order valence-corrected chi connectivity index (χ3v) is 4.77. The summed E-state index contributed by atoms with van der Waals surface area (Å²) >= 11 is 0. The van der Waals surface area contributed by atoms with Crippen molar-refractivity contribution in [1.29, 1.82) is 0 Å². The number of amides is 1. The Labute approximate surface area is 131 Å². The van der Waals surface area contributed by atoms with Crippen molar-refractivity contribution in [3.05, 3.63) is 0 Å². The molecule has 0 aromatic carbocycles. The standard InChI is InChI=1S/C16H27NO5/c1-12-2-7-16(8-3-12,15(19)20)17-14(18)6-11-22-13-4-9-21-10-5-13/h12-13H,2-11H2,1H3,(H,17,18)(H,19,20). The molecule has 6 heteroatoms. The Balaban J connectivity index is 1.75. The van der Waals surface area contributed by atoms with Gasteiger partial charge >= 0.3 is 5.97 Å². The number of ether oxygens (including phenoxy) is 2. The third-order valence-electron chi connectivity index (χ3n) is 4.77. The van der Waals surface area contributed by atoms with Crippen LogP contribution < -0.4 is 5.32 Å². The van der Waals surface area contributed by atoms with Crippen molar-refractivity contribution in [2.75, 3.05) is 19.8 Å². The molecule has 22 heavy (non-hydrogen) atoms. The van der Waals surface area contributed by atoms with Gasteiger partial charge in [-0.3, -0.25) is 4.79 Å². The maximum absolute atomic E-state index is 12.1. The summed E-state index contributed by atoms with van der Waals surface area (Å²) < 4.78 is 10.9. The molecule has 1 aliphatic heterocycles. The summed E-state index contributed by atoms with van der Waals surface area (Å²) in [7, 11) is 0. The maximum atomic E-state index is 12.1. The highest BCUT2D eigenvalue weighted by Crippen LogP contribution is 2.32. The average Bonchev–Trinajstić information content (AvgIpc) is 2.50. The minimum Gasteiger partial charge on any atom is -0.480 e. The second-order valence-electron chi connectivity index (χ2n) is 6.55. The largest absolute Gasteiger partial charge is 0.480 e. The highest BCUT2D eigenvalue weighted by atomic mass is 16.5. The Bertz CT molecular complexity index is 384. The van der Waals surface area contributed by atoms with Crippen LogP contribution in [0.5, 0.6) is 0 Å². The molecule has 0 spiro atoms. The lowest BCUT2D eigenvalue weighted by Crippen LogP contribution is -2.56. The van der Waals surface area contributed by atoms with Gasteiger partial charge < -0.3 is 19.9 Å². The van der Waals surface area contributed by atoms with Gasteiger partial charge in [0.1, 0.15) is 5.54 Å². The molecule has 2 fully saturated rings. The van der Waals surface area contributed by atoms with Crippen LogP contribution in [0.15, 0.2) is 0 Å². The van der Waals surface area contributed by atoms with Crippen molar-refractivity contribution in [1.82, 2.24) is 5.32 Å². The number of carboxylic acids is 1. The van der Waals surface area contributed by atoms with E-state index in [-0.39, 0.29) is 18.4 Å². The molecule has 0 unspecified atom stereocenters. The lowest BCUT2D eigenvalue weighted by Gasteiger charge is -2.36. The second kappa shape index (κ2) is 7.92. The van der Waals surface area contributed by atoms with Crippen LogP contribution in [-0.2, 0) is 19.1 Å². The van der Waals surface area contributed by atoms with Gasteiger partial charge in [-0.2, -0.15) is 0 Å². The average molecular weight is 313 g/mol. The Morgan fingerprint density at radius 2 is 1.86 bits per heavy atom. The summed E-state index contributed by atoms with van der Waals surface area (Å²) in [5, 5.41) is 12.2. The fourth-order valence-corrected chi connectivity index (χ4v) is 3.14. The van der Waals surface area contributed by atoms with Gasteiger partial charge in [-0.1, -0.05) is 6.92 Å². The number of carbonyl (C=O) groups is 2. The molecule has 1 amide bonds. The van der Waals surface area contributed by atoms with Crippen LogP contribution in [0.25, 0.3) is 0 Å². The van der Waals surface area contributed by atoms with Crippen molar-refractivity contribution in [3.8, 4) is 0 Å². The minimum atomic E-state index is -1.08. The van der Waals surface area contributed by atoms with Crippen molar-refractivity contribution < 1.29 is 24.2 Å². The van der Waals surface area contributed by atoms with Gasteiger partial charge in [0.15, 0.2) is 0 Å². The molecule has 2 rings (SSSR count). The molecule has 126 valence electrons. The van der Waals surface area contributed by atoms with Gasteiger partial charge in [-0.05, 0) is 44.4 Å². The Morgan fingerprint density at radius 1 is 1.23 bits per heavy atom. The molecular weight excluding hydrogens is 286 g/mol. The van der Waals surface area contributed by atoms with Gasteiger partial charge in [-0.25, -0.2) is 4.79 Å². The molecule has 0 aromatic heterocycles. The predicted molar refractivity (Wildman–Crippen MR) is 80.6 cm³/mol. The fraction of sp³-hybridized carbons (Fsp3) is 0.875. The molecule has 1 heterocycles. The molecule has 2 N–H and O–H groups in total. The highest BCUT2D eigenvalue weighted by molar-refractivity contribution is 5.87. The van der Waals surface area contributed by atoms with Crippen LogP contribution >= 0.6 is 0 Å². The number of carbonyl (C=O) groups excluding carboxylic acids is 1. The van der Waals surface area contributed by atoms with E-state index < -0.39 is 11.5 Å². The van der Waals surface area contributed by atoms with Crippen LogP contribution in [0.4, 0.5) is 0 Å². The topological polar surface area (TPSA) is 84.9 Å². The number of aliphatic carboxylic acids is 1. The van der Waals surface area contributed by atoms with Gasteiger partial charge in [0.25, 0.3) is 0 Å². The first-order chi connectivity index (χ1) is 10.5. The van der Waals surface area contributed by atoms with Crippen LogP contribution in [-0.4, -0.2) is 48.4 Å². The summed E-state index contributed by atoms with van der Waals surface area (Å²) in [5.74, 6) is -0.622. The van der Waals surface area contributed by atoms with Crippen LogP contribution in [0.3, 0.4) is 0 Å². The summed E-state index contributed by atoms with van der Waals surface area (Å²) in [6.45, 7) is 3.87. The first kappa shape index (κ1) is 17.2. The van der Waals surface area contributed by atoms with Crippen LogP contribution in [0.2, 0.25) is 0 Å². The lowest BCUT2D eigenvalue weighted by molar-refractivity contribution is -0.150. The number of rotatable bonds is 6. The zero-order valence-corrected chi connectivity index (χ0v) is 13.3. The second-order valence-corrected chi connectivity index (χ2v) is 6.55. The number of hydrogen-bond acceptors (Lipinski definition) is 4. The molecular formula is C16H27NO5. The van der Waals surface area contributed by atoms with E-state index in [0.717, 1.165) is 25.7 Å². The molecule has 1 saturated heterocycles. The monoisotopic (exact) mass is 313 g/mol. The van der Waals surface area contributed by atoms with Gasteiger partial charge in [0, 0.05) is 19.6 Å². The first-order valence-electron chi connectivity index (χ1n) is 8.25. The molecule has 6 nitrogen and oxygen atoms in total. The summed E-state index contributed by atoms with van der Waals surface area (Å²) in [6.07, 6.45) is 4.78. The third kappa shape index (κ3) is 4.68. The zero-order valence-electron chi connectivity index (χ0n) is 13.3. The van der Waals surface area contributed by atoms with E-state index in [4.69, 9.17) is 9.47 Å². The molecule has 0 aromatic rings. The quantitative estimate of drug-likeness (QED) is 0.780. The molecule has 2 aliphatic rings. The molecule has 1 aliphatic carbocycles. The first-order valence-corrected chi connectivity index (χ1v) is 8.25. The number of hydrogen-bond donors (Lipinski definition) is 2. The van der Waals surface area contributed by atoms with E-state index >= 15 is 0 Å². The number of carboxylic acid groups (broad SMARTS) is 1. The molecule has 0 bridgehead atoms. The van der Waals surface area contributed by atoms with Crippen molar-refractivity contribution in [2.24, 2.45) is 5.92 Å². The van der Waals surface area contributed by atoms with E-state index in [2.05, 4.69) is 12.2 Å². The van der Waals surface area contributed by atoms with E-state index in [1.54, 1.807) is 0 Å². The predicted octanol–water partition coefficient (Wildman–Crippen LogP) is 1.72. The van der Waals surface area contributed by atoms with E-state index in [1.165, 1.54) is 0 Å². The zero-order chi connectivity index (χ0) is 16.0. The van der Waals surface area contributed by atoms with Gasteiger partial charge in [-0.15, -0.1) is 0 Å². The minimum absolute atomic E-state index is 0.158. The normalized spacial score (nSPS) is 30.0. The summed E-state index contributed by atoms with van der Waals surface area (Å²) in [4.78, 5) is 23.6. The SMILES string of the molecule is CC1CCC(NC(=O)CCOC2CCOCC2)(C(=O)O)CC1. The van der Waals surface area contributed by atoms with Gasteiger partial charge in [0.05, 0.1) is 12.7 Å². The Kier molecular flexibility index (Phi) is 6.20. The van der Waals surface area contributed by atoms with Crippen molar-refractivity contribution in [3.63, 3.8) is 0 Å². The van der Waals surface area contributed by atoms with Crippen LogP contribution in [0, 0.1) is 5.92 Å². The maximum Gasteiger partial charge on any atom is 0.329 e. The van der Waals surface area contributed by atoms with E-state index in [9.17, 15) is 14.7 Å². The van der Waals surface area contributed by atoms with E-state index in [0.29, 0.717) is 38.6 Å². The summed E-state index contributed by atoms with van der Waals surface area (Å²) in [5.41, 5.74) is -1.08.